The summed E-state index contributed by atoms with van der Waals surface area (Å²) in [6.45, 7) is 2.18. The van der Waals surface area contributed by atoms with Crippen LogP contribution in [0.2, 0.25) is 0 Å². The molecule has 0 nitrogen and oxygen atoms in total. The zero-order chi connectivity index (χ0) is 12.0. The minimum Gasteiger partial charge on any atom is -0.143 e. The van der Waals surface area contributed by atoms with Gasteiger partial charge in [-0.3, -0.25) is 0 Å². The standard InChI is InChI=1S/C12H8Br2S3/c1-6-7(4-11(13)16-6)12(14)10-5-9-8(17-10)2-3-15-9/h2-5,12H,1H3. The number of alkyl halides is 1. The lowest BCUT2D eigenvalue weighted by molar-refractivity contribution is 1.22. The molecule has 0 fully saturated rings. The van der Waals surface area contributed by atoms with Crippen molar-refractivity contribution >= 4 is 75.3 Å². The zero-order valence-electron chi connectivity index (χ0n) is 8.87. The maximum atomic E-state index is 3.82. The summed E-state index contributed by atoms with van der Waals surface area (Å²) in [4.78, 5) is 3.07. The highest BCUT2D eigenvalue weighted by Gasteiger charge is 2.18. The van der Waals surface area contributed by atoms with Gasteiger partial charge in [0.15, 0.2) is 0 Å². The summed E-state index contributed by atoms with van der Waals surface area (Å²) in [5, 5.41) is 2.15. The van der Waals surface area contributed by atoms with Crippen LogP contribution in [0.4, 0.5) is 0 Å². The summed E-state index contributed by atoms with van der Waals surface area (Å²) < 4.78 is 3.98. The molecule has 3 rings (SSSR count). The molecule has 3 heterocycles. The van der Waals surface area contributed by atoms with Gasteiger partial charge in [-0.1, -0.05) is 15.9 Å². The van der Waals surface area contributed by atoms with Crippen LogP contribution in [0.3, 0.4) is 0 Å². The van der Waals surface area contributed by atoms with Gasteiger partial charge in [0.05, 0.1) is 8.61 Å². The Kier molecular flexibility index (Phi) is 3.47. The van der Waals surface area contributed by atoms with E-state index in [2.05, 4.69) is 62.4 Å². The number of thiophene rings is 3. The van der Waals surface area contributed by atoms with E-state index in [9.17, 15) is 0 Å². The van der Waals surface area contributed by atoms with E-state index < -0.39 is 0 Å². The number of aryl methyl sites for hydroxylation is 1. The van der Waals surface area contributed by atoms with Gasteiger partial charge in [-0.05, 0) is 52.0 Å². The summed E-state index contributed by atoms with van der Waals surface area (Å²) in [6.07, 6.45) is 0. The number of hydrogen-bond donors (Lipinski definition) is 0. The molecule has 3 aromatic rings. The summed E-state index contributed by atoms with van der Waals surface area (Å²) in [7, 11) is 0. The van der Waals surface area contributed by atoms with Crippen LogP contribution in [0.5, 0.6) is 0 Å². The Morgan fingerprint density at radius 2 is 2.00 bits per heavy atom. The average molecular weight is 408 g/mol. The first-order valence-corrected chi connectivity index (χ1v) is 9.24. The van der Waals surface area contributed by atoms with Crippen molar-refractivity contribution in [3.05, 3.63) is 42.7 Å². The van der Waals surface area contributed by atoms with Crippen LogP contribution in [-0.4, -0.2) is 0 Å². The quantitative estimate of drug-likeness (QED) is 0.421. The number of rotatable bonds is 2. The number of hydrogen-bond acceptors (Lipinski definition) is 3. The van der Waals surface area contributed by atoms with E-state index in [4.69, 9.17) is 0 Å². The van der Waals surface area contributed by atoms with Gasteiger partial charge in [0, 0.05) is 19.2 Å². The Bertz CT molecular complexity index is 634. The number of halogens is 2. The van der Waals surface area contributed by atoms with Crippen molar-refractivity contribution in [2.75, 3.05) is 0 Å². The largest absolute Gasteiger partial charge is 0.143 e. The lowest BCUT2D eigenvalue weighted by Crippen LogP contribution is -1.88. The summed E-state index contributed by atoms with van der Waals surface area (Å²) in [5.41, 5.74) is 1.37. The van der Waals surface area contributed by atoms with Gasteiger partial charge < -0.3 is 0 Å². The van der Waals surface area contributed by atoms with E-state index in [1.807, 2.05) is 22.7 Å². The molecule has 0 N–H and O–H groups in total. The fourth-order valence-corrected chi connectivity index (χ4v) is 6.68. The second kappa shape index (κ2) is 4.78. The highest BCUT2D eigenvalue weighted by atomic mass is 79.9. The molecule has 0 saturated carbocycles. The van der Waals surface area contributed by atoms with Crippen molar-refractivity contribution < 1.29 is 0 Å². The molecule has 0 saturated heterocycles. The summed E-state index contributed by atoms with van der Waals surface area (Å²) in [5.74, 6) is 0. The van der Waals surface area contributed by atoms with E-state index in [1.54, 1.807) is 11.3 Å². The molecular weight excluding hydrogens is 400 g/mol. The average Bonchev–Trinajstić information content (AvgIpc) is 2.90. The monoisotopic (exact) mass is 406 g/mol. The third-order valence-electron chi connectivity index (χ3n) is 2.61. The molecule has 0 aromatic carbocycles. The van der Waals surface area contributed by atoms with Crippen LogP contribution in [0.25, 0.3) is 9.40 Å². The molecule has 0 aliphatic carbocycles. The normalized spacial score (nSPS) is 13.4. The van der Waals surface area contributed by atoms with Gasteiger partial charge in [-0.15, -0.1) is 34.0 Å². The molecule has 0 amide bonds. The predicted octanol–water partition coefficient (Wildman–Crippen LogP) is 6.58. The Balaban J connectivity index is 2.04. The number of fused-ring (bicyclic) bond motifs is 1. The molecule has 17 heavy (non-hydrogen) atoms. The molecule has 1 unspecified atom stereocenters. The van der Waals surface area contributed by atoms with Crippen molar-refractivity contribution in [3.63, 3.8) is 0 Å². The fraction of sp³-hybridized carbons (Fsp3) is 0.167. The highest BCUT2D eigenvalue weighted by molar-refractivity contribution is 9.11. The van der Waals surface area contributed by atoms with Crippen molar-refractivity contribution in [2.24, 2.45) is 0 Å². The fourth-order valence-electron chi connectivity index (χ4n) is 1.77. The molecule has 3 aromatic heterocycles. The lowest BCUT2D eigenvalue weighted by atomic mass is 10.2. The Hall–Kier alpha value is 0.320. The van der Waals surface area contributed by atoms with E-state index in [0.29, 0.717) is 4.83 Å². The maximum Gasteiger partial charge on any atom is 0.0749 e. The van der Waals surface area contributed by atoms with Gasteiger partial charge in [0.25, 0.3) is 0 Å². The SMILES string of the molecule is Cc1sc(Br)cc1C(Br)c1cc2sccc2s1. The molecule has 1 atom stereocenters. The lowest BCUT2D eigenvalue weighted by Gasteiger charge is -2.06. The summed E-state index contributed by atoms with van der Waals surface area (Å²) in [6, 6.07) is 6.71. The zero-order valence-corrected chi connectivity index (χ0v) is 14.5. The van der Waals surface area contributed by atoms with E-state index in [1.165, 1.54) is 28.5 Å². The van der Waals surface area contributed by atoms with Crippen molar-refractivity contribution in [3.8, 4) is 0 Å². The molecule has 0 aliphatic heterocycles. The first-order valence-electron chi connectivity index (χ1n) is 5.02. The topological polar surface area (TPSA) is 0 Å². The van der Waals surface area contributed by atoms with Gasteiger partial charge in [-0.2, -0.15) is 0 Å². The van der Waals surface area contributed by atoms with Crippen LogP contribution in [0.15, 0.2) is 27.4 Å². The van der Waals surface area contributed by atoms with Crippen molar-refractivity contribution in [2.45, 2.75) is 11.8 Å². The third kappa shape index (κ3) is 2.28. The van der Waals surface area contributed by atoms with Gasteiger partial charge in [-0.25, -0.2) is 0 Å². The summed E-state index contributed by atoms with van der Waals surface area (Å²) >= 11 is 12.9. The first kappa shape index (κ1) is 12.4. The van der Waals surface area contributed by atoms with Gasteiger partial charge in [0.1, 0.15) is 0 Å². The van der Waals surface area contributed by atoms with Crippen LogP contribution >= 0.6 is 65.9 Å². The predicted molar refractivity (Wildman–Crippen MR) is 87.2 cm³/mol. The smallest absolute Gasteiger partial charge is 0.0749 e. The molecule has 5 heteroatoms. The molecule has 0 spiro atoms. The second-order valence-corrected chi connectivity index (χ2v) is 9.34. The van der Waals surface area contributed by atoms with E-state index in [0.717, 1.165) is 0 Å². The minimum absolute atomic E-state index is 0.314. The minimum atomic E-state index is 0.314. The van der Waals surface area contributed by atoms with Crippen LogP contribution in [0.1, 0.15) is 20.1 Å². The van der Waals surface area contributed by atoms with Crippen molar-refractivity contribution in [1.29, 1.82) is 0 Å². The van der Waals surface area contributed by atoms with Crippen molar-refractivity contribution in [1.82, 2.24) is 0 Å². The van der Waals surface area contributed by atoms with Gasteiger partial charge in [0.2, 0.25) is 0 Å². The molecule has 0 radical (unpaired) electrons. The highest BCUT2D eigenvalue weighted by Crippen LogP contribution is 2.43. The van der Waals surface area contributed by atoms with Crippen LogP contribution < -0.4 is 0 Å². The molecular formula is C12H8Br2S3. The Labute approximate surface area is 129 Å². The Morgan fingerprint density at radius 3 is 2.65 bits per heavy atom. The van der Waals surface area contributed by atoms with Gasteiger partial charge >= 0.3 is 0 Å². The first-order chi connectivity index (χ1) is 8.15. The van der Waals surface area contributed by atoms with Crippen LogP contribution in [-0.2, 0) is 0 Å². The molecule has 88 valence electrons. The van der Waals surface area contributed by atoms with Crippen LogP contribution in [0, 0.1) is 6.92 Å². The second-order valence-electron chi connectivity index (χ2n) is 3.72. The Morgan fingerprint density at radius 1 is 1.18 bits per heavy atom. The maximum absolute atomic E-state index is 3.82. The molecule has 0 aliphatic rings. The van der Waals surface area contributed by atoms with E-state index in [-0.39, 0.29) is 0 Å². The third-order valence-corrected chi connectivity index (χ3v) is 7.62. The van der Waals surface area contributed by atoms with E-state index >= 15 is 0 Å². The molecule has 0 bridgehead atoms.